The van der Waals surface area contributed by atoms with E-state index in [1.807, 2.05) is 30.3 Å². The van der Waals surface area contributed by atoms with Crippen LogP contribution in [0.4, 0.5) is 0 Å². The van der Waals surface area contributed by atoms with Gasteiger partial charge in [-0.25, -0.2) is 0 Å². The Morgan fingerprint density at radius 1 is 1.19 bits per heavy atom. The molecule has 1 aromatic rings. The average molecular weight is 218 g/mol. The lowest BCUT2D eigenvalue weighted by Crippen LogP contribution is -2.41. The van der Waals surface area contributed by atoms with E-state index in [1.54, 1.807) is 0 Å². The topological polar surface area (TPSA) is 61.4 Å². The first-order valence-electron chi connectivity index (χ1n) is 5.23. The first-order chi connectivity index (χ1) is 7.79. The standard InChI is InChI=1S/C12H14N2O2/c15-7-6-10-8-11(16)14-12(13-10)9-4-2-1-3-5-9/h1-5,8,12-13,15H,6-7H2,(H,14,16). The number of rotatable bonds is 3. The van der Waals surface area contributed by atoms with Crippen molar-refractivity contribution < 1.29 is 9.90 Å². The predicted molar refractivity (Wildman–Crippen MR) is 60.2 cm³/mol. The molecular formula is C12H14N2O2. The summed E-state index contributed by atoms with van der Waals surface area (Å²) < 4.78 is 0. The number of hydrogen-bond acceptors (Lipinski definition) is 3. The molecule has 0 aliphatic carbocycles. The lowest BCUT2D eigenvalue weighted by Gasteiger charge is -2.26. The van der Waals surface area contributed by atoms with Crippen LogP contribution in [0.25, 0.3) is 0 Å². The number of carbonyl (C=O) groups excluding carboxylic acids is 1. The molecular weight excluding hydrogens is 204 g/mol. The Kier molecular flexibility index (Phi) is 3.22. The van der Waals surface area contributed by atoms with Crippen LogP contribution in [0, 0.1) is 0 Å². The highest BCUT2D eigenvalue weighted by molar-refractivity contribution is 5.89. The van der Waals surface area contributed by atoms with Crippen LogP contribution in [0.5, 0.6) is 0 Å². The van der Waals surface area contributed by atoms with E-state index in [0.29, 0.717) is 6.42 Å². The molecule has 0 saturated carbocycles. The molecule has 84 valence electrons. The maximum atomic E-state index is 11.4. The van der Waals surface area contributed by atoms with Gasteiger partial charge in [0.2, 0.25) is 5.91 Å². The molecule has 0 aromatic heterocycles. The summed E-state index contributed by atoms with van der Waals surface area (Å²) in [6.07, 6.45) is 1.74. The van der Waals surface area contributed by atoms with Gasteiger partial charge in [-0.2, -0.15) is 0 Å². The second-order valence-corrected chi connectivity index (χ2v) is 3.64. The summed E-state index contributed by atoms with van der Waals surface area (Å²) in [5, 5.41) is 14.8. The van der Waals surface area contributed by atoms with E-state index >= 15 is 0 Å². The fourth-order valence-electron chi connectivity index (χ4n) is 1.68. The van der Waals surface area contributed by atoms with Crippen LogP contribution in [0.1, 0.15) is 18.2 Å². The molecule has 1 heterocycles. The van der Waals surface area contributed by atoms with Gasteiger partial charge in [0.05, 0.1) is 0 Å². The summed E-state index contributed by atoms with van der Waals surface area (Å²) in [5.41, 5.74) is 1.76. The van der Waals surface area contributed by atoms with Gasteiger partial charge in [0.15, 0.2) is 0 Å². The number of nitrogens with one attached hydrogen (secondary N) is 2. The van der Waals surface area contributed by atoms with Crippen molar-refractivity contribution in [1.29, 1.82) is 0 Å². The third-order valence-electron chi connectivity index (χ3n) is 2.44. The minimum Gasteiger partial charge on any atom is -0.396 e. The van der Waals surface area contributed by atoms with Crippen molar-refractivity contribution in [2.45, 2.75) is 12.6 Å². The summed E-state index contributed by atoms with van der Waals surface area (Å²) in [4.78, 5) is 11.4. The highest BCUT2D eigenvalue weighted by Crippen LogP contribution is 2.15. The fraction of sp³-hybridized carbons (Fsp3) is 0.250. The molecule has 4 nitrogen and oxygen atoms in total. The largest absolute Gasteiger partial charge is 0.396 e. The molecule has 1 amide bonds. The van der Waals surface area contributed by atoms with E-state index in [1.165, 1.54) is 6.08 Å². The SMILES string of the molecule is O=C1C=C(CCO)NC(c2ccccc2)N1. The maximum Gasteiger partial charge on any atom is 0.247 e. The second-order valence-electron chi connectivity index (χ2n) is 3.64. The van der Waals surface area contributed by atoms with Crippen molar-refractivity contribution >= 4 is 5.91 Å². The summed E-state index contributed by atoms with van der Waals surface area (Å²) in [6.45, 7) is 0.0353. The molecule has 3 N–H and O–H groups in total. The molecule has 1 unspecified atom stereocenters. The lowest BCUT2D eigenvalue weighted by molar-refractivity contribution is -0.118. The van der Waals surface area contributed by atoms with Gasteiger partial charge in [0.25, 0.3) is 0 Å². The third kappa shape index (κ3) is 2.41. The van der Waals surface area contributed by atoms with Gasteiger partial charge in [-0.1, -0.05) is 30.3 Å². The number of aliphatic hydroxyl groups excluding tert-OH is 1. The van der Waals surface area contributed by atoms with Gasteiger partial charge < -0.3 is 15.7 Å². The zero-order chi connectivity index (χ0) is 11.4. The van der Waals surface area contributed by atoms with Crippen LogP contribution >= 0.6 is 0 Å². The van der Waals surface area contributed by atoms with Gasteiger partial charge in [0.1, 0.15) is 6.17 Å². The van der Waals surface area contributed by atoms with E-state index in [-0.39, 0.29) is 18.7 Å². The van der Waals surface area contributed by atoms with Crippen LogP contribution in [0.15, 0.2) is 42.1 Å². The zero-order valence-corrected chi connectivity index (χ0v) is 8.81. The molecule has 1 atom stereocenters. The molecule has 16 heavy (non-hydrogen) atoms. The van der Waals surface area contributed by atoms with Gasteiger partial charge >= 0.3 is 0 Å². The zero-order valence-electron chi connectivity index (χ0n) is 8.81. The van der Waals surface area contributed by atoms with E-state index in [4.69, 9.17) is 5.11 Å². The van der Waals surface area contributed by atoms with Crippen molar-refractivity contribution in [2.75, 3.05) is 6.61 Å². The average Bonchev–Trinajstić information content (AvgIpc) is 2.30. The van der Waals surface area contributed by atoms with Gasteiger partial charge in [-0.3, -0.25) is 4.79 Å². The van der Waals surface area contributed by atoms with E-state index in [2.05, 4.69) is 10.6 Å². The molecule has 2 rings (SSSR count). The summed E-state index contributed by atoms with van der Waals surface area (Å²) in [6, 6.07) is 9.67. The summed E-state index contributed by atoms with van der Waals surface area (Å²) in [7, 11) is 0. The van der Waals surface area contributed by atoms with Crippen LogP contribution in [0.2, 0.25) is 0 Å². The Labute approximate surface area is 94.0 Å². The van der Waals surface area contributed by atoms with Crippen LogP contribution in [-0.4, -0.2) is 17.6 Å². The van der Waals surface area contributed by atoms with Gasteiger partial charge in [-0.15, -0.1) is 0 Å². The normalized spacial score (nSPS) is 19.7. The Balaban J connectivity index is 2.15. The predicted octanol–water partition coefficient (Wildman–Crippen LogP) is 0.671. The maximum absolute atomic E-state index is 11.4. The first-order valence-corrected chi connectivity index (χ1v) is 5.23. The van der Waals surface area contributed by atoms with Crippen molar-refractivity contribution in [2.24, 2.45) is 0 Å². The number of hydrogen-bond donors (Lipinski definition) is 3. The van der Waals surface area contributed by atoms with Gasteiger partial charge in [0, 0.05) is 24.8 Å². The summed E-state index contributed by atoms with van der Waals surface area (Å²) in [5.74, 6) is -0.129. The number of carbonyl (C=O) groups is 1. The van der Waals surface area contributed by atoms with E-state index in [9.17, 15) is 4.79 Å². The molecule has 1 aliphatic rings. The van der Waals surface area contributed by atoms with Crippen LogP contribution in [0.3, 0.4) is 0 Å². The highest BCUT2D eigenvalue weighted by Gasteiger charge is 2.18. The smallest absolute Gasteiger partial charge is 0.247 e. The quantitative estimate of drug-likeness (QED) is 0.699. The molecule has 0 bridgehead atoms. The summed E-state index contributed by atoms with van der Waals surface area (Å²) >= 11 is 0. The minimum absolute atomic E-state index is 0.0353. The Bertz CT molecular complexity index is 401. The van der Waals surface area contributed by atoms with Crippen molar-refractivity contribution in [3.8, 4) is 0 Å². The molecule has 0 fully saturated rings. The molecule has 1 aromatic carbocycles. The fourth-order valence-corrected chi connectivity index (χ4v) is 1.68. The molecule has 0 spiro atoms. The molecule has 1 aliphatic heterocycles. The number of amides is 1. The van der Waals surface area contributed by atoms with Crippen molar-refractivity contribution in [1.82, 2.24) is 10.6 Å². The number of aliphatic hydroxyl groups is 1. The third-order valence-corrected chi connectivity index (χ3v) is 2.44. The first kappa shape index (κ1) is 10.7. The van der Waals surface area contributed by atoms with Gasteiger partial charge in [-0.05, 0) is 5.56 Å². The second kappa shape index (κ2) is 4.81. The number of benzene rings is 1. The molecule has 0 saturated heterocycles. The van der Waals surface area contributed by atoms with E-state index < -0.39 is 0 Å². The van der Waals surface area contributed by atoms with Crippen molar-refractivity contribution in [3.63, 3.8) is 0 Å². The lowest BCUT2D eigenvalue weighted by atomic mass is 10.1. The van der Waals surface area contributed by atoms with E-state index in [0.717, 1.165) is 11.3 Å². The minimum atomic E-state index is -0.208. The van der Waals surface area contributed by atoms with Crippen LogP contribution < -0.4 is 10.6 Å². The molecule has 0 radical (unpaired) electrons. The Morgan fingerprint density at radius 3 is 2.62 bits per heavy atom. The van der Waals surface area contributed by atoms with Crippen molar-refractivity contribution in [3.05, 3.63) is 47.7 Å². The van der Waals surface area contributed by atoms with Crippen LogP contribution in [-0.2, 0) is 4.79 Å². The molecule has 4 heteroatoms. The Morgan fingerprint density at radius 2 is 1.94 bits per heavy atom. The highest BCUT2D eigenvalue weighted by atomic mass is 16.3. The monoisotopic (exact) mass is 218 g/mol. The Hall–Kier alpha value is -1.81.